The van der Waals surface area contributed by atoms with Crippen molar-refractivity contribution in [1.29, 1.82) is 5.26 Å². The number of carbonyl (C=O) groups excluding carboxylic acids is 1. The third-order valence-corrected chi connectivity index (χ3v) is 9.14. The number of halogens is 3. The molecular weight excluding hydrogens is 571 g/mol. The van der Waals surface area contributed by atoms with Crippen molar-refractivity contribution in [3.63, 3.8) is 0 Å². The summed E-state index contributed by atoms with van der Waals surface area (Å²) in [6.07, 6.45) is -0.0412. The number of hydrogen-bond donors (Lipinski definition) is 0. The smallest absolute Gasteiger partial charge is 0.417 e. The second-order valence-electron chi connectivity index (χ2n) is 11.9. The van der Waals surface area contributed by atoms with Gasteiger partial charge < -0.3 is 24.3 Å². The number of nitrogens with zero attached hydrogens (tertiary/aromatic N) is 7. The number of carbonyl (C=O) groups is 1. The van der Waals surface area contributed by atoms with Crippen molar-refractivity contribution in [3.05, 3.63) is 53.2 Å². The summed E-state index contributed by atoms with van der Waals surface area (Å²) in [7, 11) is 2.07. The zero-order chi connectivity index (χ0) is 30.8. The number of likely N-dealkylation sites (tertiary alicyclic amines) is 1. The quantitative estimate of drug-likeness (QED) is 0.359. The van der Waals surface area contributed by atoms with Crippen molar-refractivity contribution < 1.29 is 22.7 Å². The minimum absolute atomic E-state index is 0.185. The van der Waals surface area contributed by atoms with E-state index >= 15 is 0 Å². The topological polar surface area (TPSA) is 88.8 Å². The highest BCUT2D eigenvalue weighted by atomic mass is 19.4. The molecule has 6 rings (SSSR count). The number of hydrogen-bond acceptors (Lipinski definition) is 8. The lowest BCUT2D eigenvalue weighted by molar-refractivity contribution is -0.136. The zero-order valence-corrected chi connectivity index (χ0v) is 24.8. The molecule has 0 saturated carbocycles. The lowest BCUT2D eigenvalue weighted by atomic mass is 10.0. The Morgan fingerprint density at radius 3 is 2.59 bits per heavy atom. The summed E-state index contributed by atoms with van der Waals surface area (Å²) in [5.74, 6) is 0.717. The first-order valence-corrected chi connectivity index (χ1v) is 15.2. The van der Waals surface area contributed by atoms with E-state index in [-0.39, 0.29) is 29.9 Å². The van der Waals surface area contributed by atoms with Crippen LogP contribution in [0.15, 0.2) is 36.4 Å². The summed E-state index contributed by atoms with van der Waals surface area (Å²) in [5.41, 5.74) is 1.52. The maximum absolute atomic E-state index is 14.2. The molecule has 0 unspecified atom stereocenters. The van der Waals surface area contributed by atoms with Crippen LogP contribution in [0.4, 0.5) is 24.7 Å². The van der Waals surface area contributed by atoms with Crippen LogP contribution in [0.3, 0.4) is 0 Å². The molecule has 0 aliphatic carbocycles. The van der Waals surface area contributed by atoms with E-state index in [1.165, 1.54) is 6.07 Å². The summed E-state index contributed by atoms with van der Waals surface area (Å²) in [6, 6.07) is 12.0. The van der Waals surface area contributed by atoms with Gasteiger partial charge in [-0.05, 0) is 56.8 Å². The molecule has 3 aromatic rings. The molecule has 9 nitrogen and oxygen atoms in total. The molecule has 12 heteroatoms. The number of likely N-dealkylation sites (N-methyl/N-ethyl adjacent to an activating group) is 1. The SMILES string of the molecule is CN1CCC[C@H]1COc1nc2c(c(N3CCN(C=O)[C@@H](CC#N)C3)n1)CCCN(c1cccc3cccc(C(F)(F)F)c13)C2. The van der Waals surface area contributed by atoms with Gasteiger partial charge in [0.05, 0.1) is 36.3 Å². The monoisotopic (exact) mass is 607 g/mol. The van der Waals surface area contributed by atoms with Crippen LogP contribution in [-0.4, -0.2) is 84.6 Å². The predicted molar refractivity (Wildman–Crippen MR) is 161 cm³/mol. The second kappa shape index (κ2) is 12.5. The third kappa shape index (κ3) is 5.98. The maximum Gasteiger partial charge on any atom is 0.417 e. The fourth-order valence-corrected chi connectivity index (χ4v) is 6.79. The van der Waals surface area contributed by atoms with Gasteiger partial charge in [0.2, 0.25) is 6.41 Å². The van der Waals surface area contributed by atoms with Crippen molar-refractivity contribution in [2.24, 2.45) is 0 Å². The van der Waals surface area contributed by atoms with Crippen molar-refractivity contribution in [2.75, 3.05) is 56.2 Å². The Hall–Kier alpha value is -4.11. The molecule has 232 valence electrons. The Balaban J connectivity index is 1.39. The van der Waals surface area contributed by atoms with Crippen LogP contribution in [0.25, 0.3) is 10.8 Å². The van der Waals surface area contributed by atoms with Crippen LogP contribution in [0.5, 0.6) is 6.01 Å². The van der Waals surface area contributed by atoms with E-state index in [2.05, 4.69) is 22.9 Å². The van der Waals surface area contributed by atoms with E-state index in [9.17, 15) is 23.2 Å². The van der Waals surface area contributed by atoms with E-state index in [4.69, 9.17) is 14.7 Å². The number of anilines is 2. The molecule has 1 amide bonds. The average molecular weight is 608 g/mol. The highest BCUT2D eigenvalue weighted by Crippen LogP contribution is 2.41. The molecule has 0 spiro atoms. The Labute approximate surface area is 254 Å². The van der Waals surface area contributed by atoms with Crippen LogP contribution in [0, 0.1) is 11.3 Å². The zero-order valence-electron chi connectivity index (χ0n) is 24.8. The number of fused-ring (bicyclic) bond motifs is 2. The standard InChI is InChI=1S/C32H36F3N7O2/c1-39-14-4-8-24(39)20-44-31-37-27-19-40(28-11-3-7-22-6-2-10-26(29(22)28)32(33,34)35)15-5-9-25(27)30(38-31)41-16-17-42(21-43)23(18-41)12-13-36/h2-3,6-7,10-11,21,23-24H,4-5,8-9,12,14-20H2,1H3/t23-,24-/m0/s1. The molecule has 2 aromatic carbocycles. The van der Waals surface area contributed by atoms with Gasteiger partial charge in [-0.1, -0.05) is 24.3 Å². The third-order valence-electron chi connectivity index (χ3n) is 9.14. The van der Waals surface area contributed by atoms with Crippen molar-refractivity contribution in [1.82, 2.24) is 19.8 Å². The normalized spacial score (nSPS) is 21.2. The van der Waals surface area contributed by atoms with Crippen molar-refractivity contribution >= 4 is 28.7 Å². The summed E-state index contributed by atoms with van der Waals surface area (Å²) < 4.78 is 48.7. The molecule has 2 saturated heterocycles. The molecule has 3 aliphatic heterocycles. The van der Waals surface area contributed by atoms with Crippen molar-refractivity contribution in [2.45, 2.75) is 56.9 Å². The van der Waals surface area contributed by atoms with Crippen LogP contribution >= 0.6 is 0 Å². The lowest BCUT2D eigenvalue weighted by Crippen LogP contribution is -2.53. The van der Waals surface area contributed by atoms with Gasteiger partial charge in [-0.2, -0.15) is 28.4 Å². The minimum atomic E-state index is -4.49. The van der Waals surface area contributed by atoms with Crippen LogP contribution in [0.2, 0.25) is 0 Å². The Kier molecular flexibility index (Phi) is 8.49. The number of amides is 1. The van der Waals surface area contributed by atoms with Gasteiger partial charge in [0.25, 0.3) is 0 Å². The van der Waals surface area contributed by atoms with Gasteiger partial charge in [0, 0.05) is 48.9 Å². The first-order chi connectivity index (χ1) is 21.3. The first kappa shape index (κ1) is 29.9. The van der Waals surface area contributed by atoms with E-state index in [1.807, 2.05) is 4.90 Å². The Morgan fingerprint density at radius 2 is 1.86 bits per heavy atom. The van der Waals surface area contributed by atoms with Gasteiger partial charge >= 0.3 is 12.2 Å². The van der Waals surface area contributed by atoms with Crippen molar-refractivity contribution in [3.8, 4) is 12.1 Å². The molecule has 3 aliphatic rings. The first-order valence-electron chi connectivity index (χ1n) is 15.2. The second-order valence-corrected chi connectivity index (χ2v) is 11.9. The molecule has 2 atom stereocenters. The summed E-state index contributed by atoms with van der Waals surface area (Å²) >= 11 is 0. The summed E-state index contributed by atoms with van der Waals surface area (Å²) in [6.45, 7) is 3.73. The maximum atomic E-state index is 14.2. The van der Waals surface area contributed by atoms with Crippen LogP contribution < -0.4 is 14.5 Å². The van der Waals surface area contributed by atoms with Crippen LogP contribution in [0.1, 0.15) is 42.5 Å². The highest BCUT2D eigenvalue weighted by Gasteiger charge is 2.35. The number of benzene rings is 2. The van der Waals surface area contributed by atoms with E-state index in [1.54, 1.807) is 29.2 Å². The fourth-order valence-electron chi connectivity index (χ4n) is 6.79. The molecule has 0 N–H and O–H groups in total. The van der Waals surface area contributed by atoms with Gasteiger partial charge in [-0.15, -0.1) is 0 Å². The van der Waals surface area contributed by atoms with Gasteiger partial charge in [0.15, 0.2) is 0 Å². The van der Waals surface area contributed by atoms with E-state index in [0.29, 0.717) is 69.1 Å². The molecular formula is C32H36F3N7O2. The molecule has 0 radical (unpaired) electrons. The molecule has 44 heavy (non-hydrogen) atoms. The highest BCUT2D eigenvalue weighted by molar-refractivity contribution is 5.97. The van der Waals surface area contributed by atoms with Gasteiger partial charge in [0.1, 0.15) is 12.4 Å². The van der Waals surface area contributed by atoms with Crippen LogP contribution in [-0.2, 0) is 23.9 Å². The fraction of sp³-hybridized carbons (Fsp3) is 0.500. The predicted octanol–water partition coefficient (Wildman–Crippen LogP) is 4.64. The number of rotatable bonds is 7. The average Bonchev–Trinajstić information content (AvgIpc) is 3.30. The summed E-state index contributed by atoms with van der Waals surface area (Å²) in [4.78, 5) is 29.4. The molecule has 2 fully saturated rings. The molecule has 1 aromatic heterocycles. The lowest BCUT2D eigenvalue weighted by Gasteiger charge is -2.40. The molecule has 4 heterocycles. The molecule has 0 bridgehead atoms. The minimum Gasteiger partial charge on any atom is -0.462 e. The largest absolute Gasteiger partial charge is 0.462 e. The van der Waals surface area contributed by atoms with Gasteiger partial charge in [-0.25, -0.2) is 0 Å². The van der Waals surface area contributed by atoms with E-state index < -0.39 is 11.7 Å². The van der Waals surface area contributed by atoms with E-state index in [0.717, 1.165) is 43.1 Å². The summed E-state index contributed by atoms with van der Waals surface area (Å²) in [5, 5.41) is 10.1. The van der Waals surface area contributed by atoms with Gasteiger partial charge in [-0.3, -0.25) is 4.79 Å². The number of alkyl halides is 3. The Bertz CT molecular complexity index is 1550. The number of piperazine rings is 1. The Morgan fingerprint density at radius 1 is 1.05 bits per heavy atom. The number of nitriles is 1. The number of aromatic nitrogens is 2. The number of ether oxygens (including phenoxy) is 1.